The Kier molecular flexibility index (Phi) is 4.32. The van der Waals surface area contributed by atoms with Crippen LogP contribution < -0.4 is 4.90 Å². The molecule has 1 aliphatic heterocycles. The molecule has 0 radical (unpaired) electrons. The molecule has 1 aliphatic rings. The van der Waals surface area contributed by atoms with Gasteiger partial charge in [0.15, 0.2) is 11.5 Å². The largest absolute Gasteiger partial charge is 0.444 e. The van der Waals surface area contributed by atoms with Crippen molar-refractivity contribution in [3.63, 3.8) is 0 Å². The van der Waals surface area contributed by atoms with E-state index in [1.807, 2.05) is 32.9 Å². The molecule has 1 amide bonds. The first-order chi connectivity index (χ1) is 12.0. The Hall–Kier alpha value is -2.38. The van der Waals surface area contributed by atoms with Gasteiger partial charge in [-0.3, -0.25) is 0 Å². The minimum absolute atomic E-state index is 0.116. The van der Waals surface area contributed by atoms with E-state index in [1.165, 1.54) is 0 Å². The van der Waals surface area contributed by atoms with Crippen molar-refractivity contribution >= 4 is 17.6 Å². The SMILES string of the molecule is CN(C(=O)OC(C)(C)C)C1CN(c2ccc3nnc(C(C)(C)C)n3n2)C1. The lowest BCUT2D eigenvalue weighted by molar-refractivity contribution is 0.0196. The predicted octanol–water partition coefficient (Wildman–Crippen LogP) is 2.48. The number of nitrogens with zero attached hydrogens (tertiary/aromatic N) is 6. The Morgan fingerprint density at radius 3 is 2.38 bits per heavy atom. The van der Waals surface area contributed by atoms with E-state index < -0.39 is 5.60 Å². The van der Waals surface area contributed by atoms with Crippen LogP contribution in [0.5, 0.6) is 0 Å². The average molecular weight is 360 g/mol. The van der Waals surface area contributed by atoms with Gasteiger partial charge in [-0.25, -0.2) is 4.79 Å². The van der Waals surface area contributed by atoms with E-state index >= 15 is 0 Å². The fourth-order valence-corrected chi connectivity index (χ4v) is 2.79. The molecule has 0 saturated carbocycles. The molecule has 0 spiro atoms. The second-order valence-corrected chi connectivity index (χ2v) is 8.89. The molecule has 2 aromatic rings. The first kappa shape index (κ1) is 18.4. The summed E-state index contributed by atoms with van der Waals surface area (Å²) in [4.78, 5) is 16.0. The van der Waals surface area contributed by atoms with E-state index in [9.17, 15) is 4.79 Å². The fourth-order valence-electron chi connectivity index (χ4n) is 2.79. The second kappa shape index (κ2) is 6.10. The molecule has 0 aromatic carbocycles. The fraction of sp³-hybridized carbons (Fsp3) is 0.667. The molecule has 3 heterocycles. The minimum atomic E-state index is -0.487. The highest BCUT2D eigenvalue weighted by molar-refractivity contribution is 5.69. The molecule has 0 aliphatic carbocycles. The number of hydrogen-bond acceptors (Lipinski definition) is 6. The highest BCUT2D eigenvalue weighted by atomic mass is 16.6. The number of anilines is 1. The van der Waals surface area contributed by atoms with Crippen LogP contribution in [-0.4, -0.2) is 62.6 Å². The second-order valence-electron chi connectivity index (χ2n) is 8.89. The van der Waals surface area contributed by atoms with Crippen molar-refractivity contribution in [1.82, 2.24) is 24.7 Å². The topological polar surface area (TPSA) is 75.9 Å². The van der Waals surface area contributed by atoms with Crippen LogP contribution in [-0.2, 0) is 10.2 Å². The van der Waals surface area contributed by atoms with Crippen LogP contribution in [0.15, 0.2) is 12.1 Å². The molecule has 2 aromatic heterocycles. The van der Waals surface area contributed by atoms with Crippen LogP contribution in [0.4, 0.5) is 10.6 Å². The van der Waals surface area contributed by atoms with Gasteiger partial charge in [-0.05, 0) is 32.9 Å². The smallest absolute Gasteiger partial charge is 0.410 e. The van der Waals surface area contributed by atoms with E-state index in [2.05, 4.69) is 35.9 Å². The van der Waals surface area contributed by atoms with Crippen molar-refractivity contribution in [2.45, 2.75) is 58.6 Å². The molecule has 26 heavy (non-hydrogen) atoms. The number of hydrogen-bond donors (Lipinski definition) is 0. The minimum Gasteiger partial charge on any atom is -0.444 e. The number of fused-ring (bicyclic) bond motifs is 1. The third kappa shape index (κ3) is 3.59. The number of carbonyl (C=O) groups excluding carboxylic acids is 1. The summed E-state index contributed by atoms with van der Waals surface area (Å²) in [5, 5.41) is 13.2. The zero-order chi connectivity index (χ0) is 19.3. The third-order valence-corrected chi connectivity index (χ3v) is 4.34. The molecule has 0 N–H and O–H groups in total. The number of carbonyl (C=O) groups is 1. The lowest BCUT2D eigenvalue weighted by Crippen LogP contribution is -2.60. The zero-order valence-electron chi connectivity index (χ0n) is 16.6. The lowest BCUT2D eigenvalue weighted by atomic mass is 9.96. The first-order valence-electron chi connectivity index (χ1n) is 8.89. The van der Waals surface area contributed by atoms with Crippen molar-refractivity contribution in [2.75, 3.05) is 25.0 Å². The van der Waals surface area contributed by atoms with Crippen LogP contribution >= 0.6 is 0 Å². The molecule has 0 atom stereocenters. The van der Waals surface area contributed by atoms with E-state index in [0.29, 0.717) is 0 Å². The number of likely N-dealkylation sites (N-methyl/N-ethyl adjacent to an activating group) is 1. The van der Waals surface area contributed by atoms with Gasteiger partial charge in [0, 0.05) is 25.6 Å². The predicted molar refractivity (Wildman–Crippen MR) is 99.5 cm³/mol. The van der Waals surface area contributed by atoms with Crippen molar-refractivity contribution in [1.29, 1.82) is 0 Å². The van der Waals surface area contributed by atoms with Crippen LogP contribution in [0.1, 0.15) is 47.4 Å². The monoisotopic (exact) mass is 360 g/mol. The van der Waals surface area contributed by atoms with Gasteiger partial charge in [-0.1, -0.05) is 20.8 Å². The molecule has 1 fully saturated rings. The first-order valence-corrected chi connectivity index (χ1v) is 8.89. The van der Waals surface area contributed by atoms with Gasteiger partial charge in [0.25, 0.3) is 0 Å². The summed E-state index contributed by atoms with van der Waals surface area (Å²) in [5.41, 5.74) is 0.111. The molecule has 0 unspecified atom stereocenters. The van der Waals surface area contributed by atoms with Crippen LogP contribution in [0.25, 0.3) is 5.65 Å². The van der Waals surface area contributed by atoms with Crippen molar-refractivity contribution < 1.29 is 9.53 Å². The van der Waals surface area contributed by atoms with E-state index in [1.54, 1.807) is 16.5 Å². The van der Waals surface area contributed by atoms with Gasteiger partial charge in [0.2, 0.25) is 0 Å². The molecule has 142 valence electrons. The van der Waals surface area contributed by atoms with Gasteiger partial charge in [-0.2, -0.15) is 4.52 Å². The summed E-state index contributed by atoms with van der Waals surface area (Å²) in [6.07, 6.45) is -0.292. The van der Waals surface area contributed by atoms with Gasteiger partial charge >= 0.3 is 6.09 Å². The van der Waals surface area contributed by atoms with Crippen LogP contribution in [0.3, 0.4) is 0 Å². The number of ether oxygens (including phenoxy) is 1. The maximum Gasteiger partial charge on any atom is 0.410 e. The number of amides is 1. The highest BCUT2D eigenvalue weighted by Gasteiger charge is 2.35. The molecular formula is C18H28N6O2. The normalized spacial score (nSPS) is 15.9. The summed E-state index contributed by atoms with van der Waals surface area (Å²) in [5.74, 6) is 1.69. The molecule has 3 rings (SSSR count). The Morgan fingerprint density at radius 1 is 1.15 bits per heavy atom. The maximum absolute atomic E-state index is 12.2. The summed E-state index contributed by atoms with van der Waals surface area (Å²) in [6.45, 7) is 13.3. The summed E-state index contributed by atoms with van der Waals surface area (Å²) < 4.78 is 7.24. The molecule has 0 bridgehead atoms. The highest BCUT2D eigenvalue weighted by Crippen LogP contribution is 2.25. The van der Waals surface area contributed by atoms with E-state index in [4.69, 9.17) is 9.84 Å². The van der Waals surface area contributed by atoms with Crippen molar-refractivity contribution in [3.8, 4) is 0 Å². The Morgan fingerprint density at radius 2 is 1.81 bits per heavy atom. The van der Waals surface area contributed by atoms with E-state index in [-0.39, 0.29) is 17.6 Å². The standard InChI is InChI=1S/C18H28N6O2/c1-17(2,3)15-20-19-13-8-9-14(21-24(13)15)23-10-12(11-23)22(7)16(25)26-18(4,5)6/h8-9,12H,10-11H2,1-7H3. The summed E-state index contributed by atoms with van der Waals surface area (Å²) in [6, 6.07) is 3.99. The van der Waals surface area contributed by atoms with Gasteiger partial charge in [0.05, 0.1) is 6.04 Å². The van der Waals surface area contributed by atoms with Gasteiger partial charge in [-0.15, -0.1) is 15.3 Å². The van der Waals surface area contributed by atoms with Gasteiger partial charge in [0.1, 0.15) is 11.4 Å². The van der Waals surface area contributed by atoms with Gasteiger partial charge < -0.3 is 14.5 Å². The Bertz CT molecular complexity index is 811. The quantitative estimate of drug-likeness (QED) is 0.819. The summed E-state index contributed by atoms with van der Waals surface area (Å²) in [7, 11) is 1.78. The molecular weight excluding hydrogens is 332 g/mol. The Labute approximate surface area is 154 Å². The lowest BCUT2D eigenvalue weighted by Gasteiger charge is -2.44. The number of aromatic nitrogens is 4. The molecule has 8 heteroatoms. The number of rotatable bonds is 2. The van der Waals surface area contributed by atoms with Crippen molar-refractivity contribution in [2.24, 2.45) is 0 Å². The summed E-state index contributed by atoms with van der Waals surface area (Å²) >= 11 is 0. The van der Waals surface area contributed by atoms with E-state index in [0.717, 1.165) is 30.4 Å². The van der Waals surface area contributed by atoms with Crippen LogP contribution in [0.2, 0.25) is 0 Å². The maximum atomic E-state index is 12.2. The molecule has 1 saturated heterocycles. The third-order valence-electron chi connectivity index (χ3n) is 4.34. The average Bonchev–Trinajstić information content (AvgIpc) is 2.86. The Balaban J connectivity index is 1.70. The molecule has 8 nitrogen and oxygen atoms in total. The van der Waals surface area contributed by atoms with Crippen LogP contribution in [0, 0.1) is 0 Å². The zero-order valence-corrected chi connectivity index (χ0v) is 16.6. The van der Waals surface area contributed by atoms with Crippen molar-refractivity contribution in [3.05, 3.63) is 18.0 Å².